The number of Topliss-reactive ketones (excluding diaryl/α,β-unsaturated/α-hetero) is 1. The van der Waals surface area contributed by atoms with Gasteiger partial charge in [0.25, 0.3) is 15.9 Å². The fraction of sp³-hybridized carbons (Fsp3) is 0.595. The summed E-state index contributed by atoms with van der Waals surface area (Å²) < 4.78 is 54.7. The van der Waals surface area contributed by atoms with E-state index in [2.05, 4.69) is 15.0 Å². The third-order valence-corrected chi connectivity index (χ3v) is 9.08. The summed E-state index contributed by atoms with van der Waals surface area (Å²) in [7, 11) is -3.92. The molecule has 1 heterocycles. The van der Waals surface area contributed by atoms with Gasteiger partial charge in [-0.15, -0.1) is 0 Å². The molecule has 0 saturated carbocycles. The zero-order chi connectivity index (χ0) is 39.3. The molecule has 17 heteroatoms. The van der Waals surface area contributed by atoms with Crippen molar-refractivity contribution in [2.45, 2.75) is 81.9 Å². The monoisotopic (exact) mass is 781 g/mol. The van der Waals surface area contributed by atoms with Crippen molar-refractivity contribution >= 4 is 39.5 Å². The van der Waals surface area contributed by atoms with E-state index < -0.39 is 27.9 Å². The van der Waals surface area contributed by atoms with Gasteiger partial charge in [0.1, 0.15) is 24.8 Å². The number of hydrogen-bond donors (Lipinski definition) is 4. The maximum Gasteiger partial charge on any atom is 0.329 e. The number of ether oxygens (including phenoxy) is 5. The number of nitrogens with one attached hydrogen (secondary N) is 2. The molecule has 0 fully saturated rings. The Labute approximate surface area is 317 Å². The molecule has 54 heavy (non-hydrogen) atoms. The second-order valence-corrected chi connectivity index (χ2v) is 14.0. The first kappa shape index (κ1) is 46.0. The lowest BCUT2D eigenvalue weighted by Crippen LogP contribution is -2.28. The molecular formula is C37H55N3O13S. The number of aromatic nitrogens is 1. The maximum atomic E-state index is 12.9. The SMILES string of the molecule is O=C(O)CCCCCCCCCCCOc1ccc(S(=O)(=O)Nc2ccc(C(=O)NCCOCCOCC(=O)CCCOCCOCC(=O)O)cn2)cc1. The molecule has 4 N–H and O–H groups in total. The van der Waals surface area contributed by atoms with Gasteiger partial charge in [-0.25, -0.2) is 18.2 Å². The number of carbonyl (C=O) groups excluding carboxylic acids is 2. The fourth-order valence-corrected chi connectivity index (χ4v) is 5.88. The number of unbranched alkanes of at least 4 members (excludes halogenated alkanes) is 8. The highest BCUT2D eigenvalue weighted by Gasteiger charge is 2.16. The van der Waals surface area contributed by atoms with E-state index in [1.165, 1.54) is 30.5 Å². The third-order valence-electron chi connectivity index (χ3n) is 7.71. The van der Waals surface area contributed by atoms with Gasteiger partial charge in [-0.2, -0.15) is 0 Å². The van der Waals surface area contributed by atoms with Gasteiger partial charge in [0.15, 0.2) is 5.78 Å². The number of carboxylic acid groups (broad SMARTS) is 2. The van der Waals surface area contributed by atoms with Crippen LogP contribution in [0.5, 0.6) is 5.75 Å². The molecule has 1 amide bonds. The molecule has 0 saturated heterocycles. The molecule has 2 aromatic rings. The Balaban J connectivity index is 1.52. The van der Waals surface area contributed by atoms with Crippen LogP contribution in [0.25, 0.3) is 0 Å². The highest BCUT2D eigenvalue weighted by Crippen LogP contribution is 2.19. The largest absolute Gasteiger partial charge is 0.494 e. The van der Waals surface area contributed by atoms with Crippen molar-refractivity contribution in [2.75, 3.05) is 70.7 Å². The van der Waals surface area contributed by atoms with Gasteiger partial charge >= 0.3 is 11.9 Å². The molecule has 16 nitrogen and oxygen atoms in total. The number of benzene rings is 1. The summed E-state index contributed by atoms with van der Waals surface area (Å²) in [6, 6.07) is 8.97. The first-order valence-corrected chi connectivity index (χ1v) is 19.8. The van der Waals surface area contributed by atoms with E-state index >= 15 is 0 Å². The van der Waals surface area contributed by atoms with Crippen molar-refractivity contribution in [3.05, 3.63) is 48.2 Å². The summed E-state index contributed by atoms with van der Waals surface area (Å²) in [4.78, 5) is 49.2. The minimum atomic E-state index is -3.92. The average molecular weight is 782 g/mol. The number of anilines is 1. The molecule has 1 aromatic carbocycles. The van der Waals surface area contributed by atoms with Gasteiger partial charge in [0, 0.05) is 32.2 Å². The first-order chi connectivity index (χ1) is 26.1. The van der Waals surface area contributed by atoms with Crippen LogP contribution in [-0.2, 0) is 43.4 Å². The van der Waals surface area contributed by atoms with Crippen molar-refractivity contribution in [1.82, 2.24) is 10.3 Å². The molecule has 0 spiro atoms. The number of pyridine rings is 1. The molecule has 1 aromatic heterocycles. The lowest BCUT2D eigenvalue weighted by molar-refractivity contribution is -0.143. The number of carboxylic acids is 2. The fourth-order valence-electron chi connectivity index (χ4n) is 4.87. The number of ketones is 1. The van der Waals surface area contributed by atoms with Crippen LogP contribution >= 0.6 is 0 Å². The molecular weight excluding hydrogens is 726 g/mol. The van der Waals surface area contributed by atoms with Gasteiger partial charge in [-0.05, 0) is 55.7 Å². The first-order valence-electron chi connectivity index (χ1n) is 18.3. The summed E-state index contributed by atoms with van der Waals surface area (Å²) in [5.41, 5.74) is 0.239. The average Bonchev–Trinajstić information content (AvgIpc) is 3.14. The summed E-state index contributed by atoms with van der Waals surface area (Å²) in [5, 5.41) is 19.8. The molecule has 0 aliphatic carbocycles. The third kappa shape index (κ3) is 22.8. The minimum Gasteiger partial charge on any atom is -0.494 e. The Morgan fingerprint density at radius 1 is 0.611 bits per heavy atom. The van der Waals surface area contributed by atoms with Crippen LogP contribution in [0.2, 0.25) is 0 Å². The topological polar surface area (TPSA) is 226 Å². The Hall–Kier alpha value is -4.16. The Kier molecular flexibility index (Phi) is 24.1. The zero-order valence-electron chi connectivity index (χ0n) is 30.8. The molecule has 302 valence electrons. The maximum absolute atomic E-state index is 12.9. The Bertz CT molecular complexity index is 1470. The number of carbonyl (C=O) groups is 4. The van der Waals surface area contributed by atoms with Crippen molar-refractivity contribution in [3.8, 4) is 5.75 Å². The molecule has 2 rings (SSSR count). The number of nitrogens with zero attached hydrogens (tertiary/aromatic N) is 1. The molecule has 0 unspecified atom stereocenters. The van der Waals surface area contributed by atoms with Gasteiger partial charge < -0.3 is 39.2 Å². The normalized spacial score (nSPS) is 11.3. The van der Waals surface area contributed by atoms with E-state index in [-0.39, 0.29) is 81.3 Å². The highest BCUT2D eigenvalue weighted by atomic mass is 32.2. The van der Waals surface area contributed by atoms with Crippen molar-refractivity contribution in [1.29, 1.82) is 0 Å². The van der Waals surface area contributed by atoms with Crippen LogP contribution in [0.3, 0.4) is 0 Å². The van der Waals surface area contributed by atoms with E-state index in [9.17, 15) is 27.6 Å². The summed E-state index contributed by atoms with van der Waals surface area (Å²) in [6.45, 7) is 1.76. The molecule has 0 aliphatic rings. The van der Waals surface area contributed by atoms with Crippen molar-refractivity contribution < 1.29 is 61.5 Å². The number of sulfonamides is 1. The smallest absolute Gasteiger partial charge is 0.329 e. The molecule has 0 aliphatic heterocycles. The van der Waals surface area contributed by atoms with E-state index in [4.69, 9.17) is 33.9 Å². The van der Waals surface area contributed by atoms with E-state index in [1.807, 2.05) is 0 Å². The second kappa shape index (κ2) is 28.3. The number of hydrogen-bond acceptors (Lipinski definition) is 12. The predicted molar refractivity (Wildman–Crippen MR) is 198 cm³/mol. The highest BCUT2D eigenvalue weighted by molar-refractivity contribution is 7.92. The lowest BCUT2D eigenvalue weighted by atomic mass is 10.1. The molecule has 0 atom stereocenters. The Morgan fingerprint density at radius 2 is 1.22 bits per heavy atom. The van der Waals surface area contributed by atoms with E-state index in [1.54, 1.807) is 12.1 Å². The second-order valence-electron chi connectivity index (χ2n) is 12.3. The van der Waals surface area contributed by atoms with Gasteiger partial charge in [-0.1, -0.05) is 44.9 Å². The molecule has 0 radical (unpaired) electrons. The van der Waals surface area contributed by atoms with Crippen LogP contribution in [0.4, 0.5) is 5.82 Å². The lowest BCUT2D eigenvalue weighted by Gasteiger charge is -2.10. The van der Waals surface area contributed by atoms with Crippen LogP contribution in [0.15, 0.2) is 47.5 Å². The zero-order valence-corrected chi connectivity index (χ0v) is 31.7. The van der Waals surface area contributed by atoms with Gasteiger partial charge in [-0.3, -0.25) is 19.1 Å². The summed E-state index contributed by atoms with van der Waals surface area (Å²) in [5.74, 6) is -1.63. The van der Waals surface area contributed by atoms with Crippen LogP contribution in [-0.4, -0.2) is 113 Å². The number of rotatable bonds is 34. The number of amides is 1. The standard InChI is InChI=1S/C37H55N3O13S/c41-31(11-10-20-49-23-26-52-29-36(44)45)28-51-25-24-50-22-19-38-37(46)30-13-18-34(39-27-30)40-54(47,48)33-16-14-32(15-17-33)53-21-9-7-5-3-1-2-4-6-8-12-35(42)43/h13-18,27H,1-12,19-26,28-29H2,(H,38,46)(H,39,40)(H,42,43)(H,44,45). The summed E-state index contributed by atoms with van der Waals surface area (Å²) >= 11 is 0. The number of aliphatic carboxylic acids is 2. The Morgan fingerprint density at radius 3 is 1.85 bits per heavy atom. The predicted octanol–water partition coefficient (Wildman–Crippen LogP) is 4.48. The van der Waals surface area contributed by atoms with Crippen LogP contribution < -0.4 is 14.8 Å². The quantitative estimate of drug-likeness (QED) is 0.0719. The van der Waals surface area contributed by atoms with Crippen LogP contribution in [0.1, 0.15) is 87.4 Å². The van der Waals surface area contributed by atoms with Gasteiger partial charge in [0.05, 0.1) is 50.1 Å². The summed E-state index contributed by atoms with van der Waals surface area (Å²) in [6.07, 6.45) is 11.6. The van der Waals surface area contributed by atoms with Crippen molar-refractivity contribution in [2.24, 2.45) is 0 Å². The minimum absolute atomic E-state index is 0.0412. The van der Waals surface area contributed by atoms with Crippen molar-refractivity contribution in [3.63, 3.8) is 0 Å². The van der Waals surface area contributed by atoms with Crippen LogP contribution in [0, 0.1) is 0 Å². The van der Waals surface area contributed by atoms with E-state index in [0.717, 1.165) is 57.8 Å². The van der Waals surface area contributed by atoms with Gasteiger partial charge in [0.2, 0.25) is 0 Å². The molecule has 0 bridgehead atoms. The van der Waals surface area contributed by atoms with E-state index in [0.29, 0.717) is 31.8 Å².